The van der Waals surface area contributed by atoms with E-state index >= 15 is 4.39 Å². The summed E-state index contributed by atoms with van der Waals surface area (Å²) in [4.78, 5) is 94.7. The monoisotopic (exact) mass is 852 g/mol. The molecule has 3 aliphatic rings. The van der Waals surface area contributed by atoms with Gasteiger partial charge in [-0.2, -0.15) is 0 Å². The van der Waals surface area contributed by atoms with Crippen LogP contribution in [0.15, 0.2) is 47.3 Å². The maximum atomic E-state index is 15.3. The Morgan fingerprint density at radius 2 is 1.81 bits per heavy atom. The van der Waals surface area contributed by atoms with Gasteiger partial charge < -0.3 is 40.8 Å². The summed E-state index contributed by atoms with van der Waals surface area (Å²) in [7, 11) is 0. The van der Waals surface area contributed by atoms with E-state index in [1.165, 1.54) is 10.6 Å². The summed E-state index contributed by atoms with van der Waals surface area (Å²) in [6.07, 6.45) is 1.31. The van der Waals surface area contributed by atoms with Crippen LogP contribution in [0.3, 0.4) is 0 Å². The third-order valence-corrected chi connectivity index (χ3v) is 12.0. The average molecular weight is 853 g/mol. The lowest BCUT2D eigenvalue weighted by molar-refractivity contribution is -0.172. The molecule has 17 heteroatoms. The number of rotatable bonds is 18. The quantitative estimate of drug-likeness (QED) is 0.0629. The molecule has 2 aliphatic heterocycles. The predicted octanol–water partition coefficient (Wildman–Crippen LogP) is 2.01. The number of aromatic nitrogens is 2. The van der Waals surface area contributed by atoms with Gasteiger partial charge in [0, 0.05) is 47.9 Å². The van der Waals surface area contributed by atoms with Crippen molar-refractivity contribution in [2.24, 2.45) is 11.7 Å². The van der Waals surface area contributed by atoms with Crippen LogP contribution in [0.2, 0.25) is 0 Å². The molecular weight excluding hydrogens is 804 g/mol. The molecule has 3 amide bonds. The van der Waals surface area contributed by atoms with E-state index in [4.69, 9.17) is 20.2 Å². The van der Waals surface area contributed by atoms with Crippen molar-refractivity contribution in [2.45, 2.75) is 83.6 Å². The Labute approximate surface area is 355 Å². The standard InChI is InChI=1S/C45H49FN6O10/c1-3-45(60)32-16-36-41-30(21-52(36)43(58)31(32)22-62-44(45)59)40-34(12-11-29-24(2)33(46)17-35(51-41)39(29)40)50-38(56)23-61-13-7-10-27(53)19-49-42(57)26(14-25-8-5-4-6-9-25)15-28(54)20-48-37(55)18-47/h4-6,8-9,16-17,26,34,60H,3,7,10-15,18-23,47H2,1-2H3,(H,48,55)(H,49,57)(H,50,56)/t26-,34+,45+/m1/s1. The Kier molecular flexibility index (Phi) is 13.1. The first-order valence-electron chi connectivity index (χ1n) is 20.7. The number of nitrogens with two attached hydrogens (primary N) is 1. The van der Waals surface area contributed by atoms with Gasteiger partial charge in [-0.15, -0.1) is 0 Å². The van der Waals surface area contributed by atoms with Gasteiger partial charge in [-0.1, -0.05) is 37.3 Å². The second-order valence-corrected chi connectivity index (χ2v) is 16.0. The molecule has 7 rings (SSSR count). The number of esters is 1. The number of aryl methyl sites for hydroxylation is 1. The van der Waals surface area contributed by atoms with Crippen LogP contribution in [-0.2, 0) is 69.8 Å². The molecule has 0 fully saturated rings. The van der Waals surface area contributed by atoms with Crippen molar-refractivity contribution in [3.05, 3.63) is 97.6 Å². The van der Waals surface area contributed by atoms with E-state index in [1.54, 1.807) is 19.9 Å². The fourth-order valence-corrected chi connectivity index (χ4v) is 8.66. The van der Waals surface area contributed by atoms with Crippen LogP contribution in [0.25, 0.3) is 22.3 Å². The molecule has 1 aliphatic carbocycles. The van der Waals surface area contributed by atoms with Crippen LogP contribution in [0, 0.1) is 18.7 Å². The summed E-state index contributed by atoms with van der Waals surface area (Å²) in [5.74, 6) is -4.06. The third-order valence-electron chi connectivity index (χ3n) is 12.0. The highest BCUT2D eigenvalue weighted by Gasteiger charge is 2.46. The van der Waals surface area contributed by atoms with Gasteiger partial charge in [0.2, 0.25) is 17.7 Å². The second-order valence-electron chi connectivity index (χ2n) is 16.0. The zero-order valence-electron chi connectivity index (χ0n) is 34.6. The third kappa shape index (κ3) is 8.78. The number of hydrogen-bond acceptors (Lipinski definition) is 12. The Balaban J connectivity index is 0.970. The molecule has 0 saturated carbocycles. The molecule has 2 aromatic carbocycles. The number of pyridine rings is 2. The lowest BCUT2D eigenvalue weighted by Gasteiger charge is -2.31. The fourth-order valence-electron chi connectivity index (χ4n) is 8.66. The maximum Gasteiger partial charge on any atom is 0.343 e. The first-order valence-corrected chi connectivity index (χ1v) is 20.7. The number of carbonyl (C=O) groups is 6. The van der Waals surface area contributed by atoms with E-state index in [9.17, 15) is 38.7 Å². The van der Waals surface area contributed by atoms with Gasteiger partial charge in [0.1, 0.15) is 19.0 Å². The zero-order valence-corrected chi connectivity index (χ0v) is 34.6. The summed E-state index contributed by atoms with van der Waals surface area (Å²) in [6, 6.07) is 11.5. The number of ketones is 2. The molecule has 2 aromatic heterocycles. The van der Waals surface area contributed by atoms with Crippen LogP contribution < -0.4 is 27.2 Å². The molecule has 326 valence electrons. The number of hydrogen-bond donors (Lipinski definition) is 5. The number of cyclic esters (lactones) is 1. The minimum atomic E-state index is -2.02. The fraction of sp³-hybridized carbons (Fsp3) is 0.422. The van der Waals surface area contributed by atoms with E-state index in [2.05, 4.69) is 16.0 Å². The first-order chi connectivity index (χ1) is 29.7. The molecule has 0 saturated heterocycles. The van der Waals surface area contributed by atoms with Crippen molar-refractivity contribution in [3.63, 3.8) is 0 Å². The summed E-state index contributed by atoms with van der Waals surface area (Å²) >= 11 is 0. The van der Waals surface area contributed by atoms with Gasteiger partial charge in [0.15, 0.2) is 17.2 Å². The van der Waals surface area contributed by atoms with Crippen molar-refractivity contribution in [1.29, 1.82) is 0 Å². The zero-order chi connectivity index (χ0) is 44.3. The van der Waals surface area contributed by atoms with E-state index in [-0.39, 0.29) is 101 Å². The molecule has 0 spiro atoms. The van der Waals surface area contributed by atoms with E-state index in [0.29, 0.717) is 51.8 Å². The van der Waals surface area contributed by atoms with Gasteiger partial charge >= 0.3 is 5.97 Å². The Morgan fingerprint density at radius 3 is 2.55 bits per heavy atom. The predicted molar refractivity (Wildman–Crippen MR) is 222 cm³/mol. The Bertz CT molecular complexity index is 2540. The van der Waals surface area contributed by atoms with Gasteiger partial charge in [-0.3, -0.25) is 28.8 Å². The molecule has 0 unspecified atom stereocenters. The number of benzene rings is 2. The molecule has 0 bridgehead atoms. The molecule has 4 aromatic rings. The number of nitrogens with zero attached hydrogens (tertiary/aromatic N) is 2. The number of fused-ring (bicyclic) bond motifs is 5. The number of carbonyl (C=O) groups excluding carboxylic acids is 6. The van der Waals surface area contributed by atoms with Crippen molar-refractivity contribution in [1.82, 2.24) is 25.5 Å². The van der Waals surface area contributed by atoms with Crippen molar-refractivity contribution < 1.29 is 47.7 Å². The van der Waals surface area contributed by atoms with Crippen LogP contribution in [0.4, 0.5) is 4.39 Å². The number of Topliss-reactive ketones (excluding diaryl/α,β-unsaturated/α-hetero) is 2. The molecule has 0 radical (unpaired) electrons. The topological polar surface area (TPSA) is 238 Å². The van der Waals surface area contributed by atoms with Crippen molar-refractivity contribution >= 4 is 46.2 Å². The van der Waals surface area contributed by atoms with E-state index in [0.717, 1.165) is 11.1 Å². The van der Waals surface area contributed by atoms with E-state index < -0.39 is 52.6 Å². The Hall–Kier alpha value is -6.17. The largest absolute Gasteiger partial charge is 0.458 e. The summed E-state index contributed by atoms with van der Waals surface area (Å²) in [6.45, 7) is 2.10. The average Bonchev–Trinajstić information content (AvgIpc) is 3.64. The summed E-state index contributed by atoms with van der Waals surface area (Å²) < 4.78 is 27.6. The molecular formula is C45H49FN6O10. The Morgan fingerprint density at radius 1 is 1.05 bits per heavy atom. The molecule has 16 nitrogen and oxygen atoms in total. The summed E-state index contributed by atoms with van der Waals surface area (Å²) in [5, 5.41) is 20.1. The van der Waals surface area contributed by atoms with E-state index in [1.807, 2.05) is 30.3 Å². The van der Waals surface area contributed by atoms with Crippen LogP contribution >= 0.6 is 0 Å². The van der Waals surface area contributed by atoms with Crippen molar-refractivity contribution in [3.8, 4) is 11.4 Å². The highest BCUT2D eigenvalue weighted by Crippen LogP contribution is 2.46. The van der Waals surface area contributed by atoms with Gasteiger partial charge in [-0.05, 0) is 67.3 Å². The maximum absolute atomic E-state index is 15.3. The number of halogens is 1. The second kappa shape index (κ2) is 18.4. The molecule has 62 heavy (non-hydrogen) atoms. The van der Waals surface area contributed by atoms with Crippen molar-refractivity contribution in [2.75, 3.05) is 32.8 Å². The van der Waals surface area contributed by atoms with Crippen LogP contribution in [0.1, 0.15) is 84.0 Å². The van der Waals surface area contributed by atoms with Gasteiger partial charge in [0.05, 0.1) is 54.7 Å². The summed E-state index contributed by atoms with van der Waals surface area (Å²) in [5.41, 5.74) is 7.72. The number of ether oxygens (including phenoxy) is 2. The molecule has 6 N–H and O–H groups in total. The van der Waals surface area contributed by atoms with Crippen LogP contribution in [-0.4, -0.2) is 82.8 Å². The first kappa shape index (κ1) is 43.9. The molecule has 3 atom stereocenters. The number of aliphatic hydroxyl groups is 1. The minimum Gasteiger partial charge on any atom is -0.458 e. The van der Waals surface area contributed by atoms with Gasteiger partial charge in [0.25, 0.3) is 5.56 Å². The minimum absolute atomic E-state index is 0.0230. The number of nitrogens with one attached hydrogen (secondary N) is 3. The van der Waals surface area contributed by atoms with Crippen LogP contribution in [0.5, 0.6) is 0 Å². The molecule has 4 heterocycles. The smallest absolute Gasteiger partial charge is 0.343 e. The van der Waals surface area contributed by atoms with Gasteiger partial charge in [-0.25, -0.2) is 14.2 Å². The number of amides is 3. The lowest BCUT2D eigenvalue weighted by Crippen LogP contribution is -2.44. The highest BCUT2D eigenvalue weighted by atomic mass is 19.1. The SMILES string of the molecule is CC[C@@]1(O)C(=O)OCc2c1cc1n(c2=O)Cc2c-1nc1cc(F)c(C)c3c1c2[C@@H](NC(=O)COCCCC(=O)CNC(=O)[C@@H](CC(=O)CNC(=O)CN)Cc1ccccc1)CC3. The normalized spacial score (nSPS) is 17.6. The highest BCUT2D eigenvalue weighted by molar-refractivity contribution is 5.94. The lowest BCUT2D eigenvalue weighted by atomic mass is 9.81.